The van der Waals surface area contributed by atoms with Crippen molar-refractivity contribution < 1.29 is 19.1 Å². The molecule has 4 nitrogen and oxygen atoms in total. The fraction of sp³-hybridized carbons (Fsp3) is 0.556. The minimum atomic E-state index is -0.853. The van der Waals surface area contributed by atoms with Crippen LogP contribution in [0.5, 0.6) is 0 Å². The predicted octanol–water partition coefficient (Wildman–Crippen LogP) is 1.30. The lowest BCUT2D eigenvalue weighted by atomic mass is 10.4. The van der Waals surface area contributed by atoms with Gasteiger partial charge in [0.05, 0.1) is 19.5 Å². The Hall–Kier alpha value is -1.32. The molecule has 0 spiro atoms. The second-order valence-electron chi connectivity index (χ2n) is 1.84. The topological polar surface area (TPSA) is 52.6 Å². The maximum atomic E-state index is 10.8. The molecule has 0 saturated carbocycles. The van der Waals surface area contributed by atoms with E-state index in [-0.39, 0.29) is 14.0 Å². The number of rotatable bonds is 5. The lowest BCUT2D eigenvalue weighted by Gasteiger charge is -1.95. The monoisotopic (exact) mass is 188 g/mol. The molecule has 0 aliphatic heterocycles. The van der Waals surface area contributed by atoms with E-state index in [4.69, 9.17) is 4.74 Å². The molecule has 4 heteroatoms. The average molecular weight is 188 g/mol. The van der Waals surface area contributed by atoms with Gasteiger partial charge < -0.3 is 9.47 Å². The van der Waals surface area contributed by atoms with Crippen LogP contribution in [0.2, 0.25) is 0 Å². The van der Waals surface area contributed by atoms with E-state index in [1.165, 1.54) is 6.26 Å². The van der Waals surface area contributed by atoms with Gasteiger partial charge in [0, 0.05) is 6.08 Å². The zero-order valence-corrected chi connectivity index (χ0v) is 7.20. The van der Waals surface area contributed by atoms with Gasteiger partial charge in [0.2, 0.25) is 0 Å². The first kappa shape index (κ1) is 14.2. The molecule has 0 aromatic heterocycles. The van der Waals surface area contributed by atoms with Crippen molar-refractivity contribution in [1.82, 2.24) is 0 Å². The summed E-state index contributed by atoms with van der Waals surface area (Å²) in [4.78, 5) is 21.4. The summed E-state index contributed by atoms with van der Waals surface area (Å²) in [6.07, 6.45) is 2.22. The Morgan fingerprint density at radius 2 is 1.85 bits per heavy atom. The van der Waals surface area contributed by atoms with Crippen molar-refractivity contribution in [2.24, 2.45) is 0 Å². The Kier molecular flexibility index (Phi) is 9.60. The first-order valence-corrected chi connectivity index (χ1v) is 3.71. The lowest BCUT2D eigenvalue weighted by Crippen LogP contribution is -2.14. The largest absolute Gasteiger partial charge is 0.501 e. The molecule has 0 saturated heterocycles. The third-order valence-corrected chi connectivity index (χ3v) is 0.959. The third kappa shape index (κ3) is 7.05. The molecule has 76 valence electrons. The molecule has 13 heavy (non-hydrogen) atoms. The standard InChI is InChI=1S/C8H12O4.CH4/c1-3-11-6-5-7(9)8(10)12-4-2;/h5-6H,3-4H2,1-2H3;1H4/b6-5+;. The number of carbonyl (C=O) groups is 2. The van der Waals surface area contributed by atoms with E-state index in [1.54, 1.807) is 13.8 Å². The highest BCUT2D eigenvalue weighted by Crippen LogP contribution is 1.85. The van der Waals surface area contributed by atoms with E-state index in [2.05, 4.69) is 4.74 Å². The van der Waals surface area contributed by atoms with Crippen LogP contribution in [0.25, 0.3) is 0 Å². The Balaban J connectivity index is 0. The van der Waals surface area contributed by atoms with Gasteiger partial charge in [-0.2, -0.15) is 0 Å². The van der Waals surface area contributed by atoms with Gasteiger partial charge in [0.25, 0.3) is 5.78 Å². The Labute approximate surface area is 78.5 Å². The maximum absolute atomic E-state index is 10.8. The molecular weight excluding hydrogens is 172 g/mol. The van der Waals surface area contributed by atoms with E-state index in [0.717, 1.165) is 6.08 Å². The van der Waals surface area contributed by atoms with Crippen molar-refractivity contribution in [2.45, 2.75) is 21.3 Å². The number of esters is 1. The normalized spacial score (nSPS) is 9.08. The van der Waals surface area contributed by atoms with E-state index >= 15 is 0 Å². The molecule has 0 rings (SSSR count). The Morgan fingerprint density at radius 1 is 1.23 bits per heavy atom. The van der Waals surface area contributed by atoms with Crippen molar-refractivity contribution in [3.05, 3.63) is 12.3 Å². The molecular formula is C9H16O4. The number of ether oxygens (including phenoxy) is 2. The van der Waals surface area contributed by atoms with Crippen molar-refractivity contribution in [3.8, 4) is 0 Å². The maximum Gasteiger partial charge on any atom is 0.379 e. The van der Waals surface area contributed by atoms with Gasteiger partial charge >= 0.3 is 5.97 Å². The molecule has 0 radical (unpaired) electrons. The smallest absolute Gasteiger partial charge is 0.379 e. The molecule has 0 heterocycles. The van der Waals surface area contributed by atoms with E-state index < -0.39 is 11.8 Å². The first-order chi connectivity index (χ1) is 5.72. The number of hydrogen-bond donors (Lipinski definition) is 0. The predicted molar refractivity (Wildman–Crippen MR) is 49.1 cm³/mol. The van der Waals surface area contributed by atoms with Crippen molar-refractivity contribution in [3.63, 3.8) is 0 Å². The number of ketones is 1. The van der Waals surface area contributed by atoms with Crippen molar-refractivity contribution >= 4 is 11.8 Å². The van der Waals surface area contributed by atoms with Crippen LogP contribution in [0.15, 0.2) is 12.3 Å². The zero-order valence-electron chi connectivity index (χ0n) is 7.20. The summed E-state index contributed by atoms with van der Waals surface area (Å²) in [6, 6.07) is 0. The molecule has 0 unspecified atom stereocenters. The van der Waals surface area contributed by atoms with Gasteiger partial charge in [-0.05, 0) is 13.8 Å². The Morgan fingerprint density at radius 3 is 2.31 bits per heavy atom. The van der Waals surface area contributed by atoms with E-state index in [1.807, 2.05) is 0 Å². The minimum Gasteiger partial charge on any atom is -0.501 e. The molecule has 0 aliphatic rings. The Bertz CT molecular complexity index is 184. The van der Waals surface area contributed by atoms with Crippen LogP contribution in [-0.4, -0.2) is 25.0 Å². The van der Waals surface area contributed by atoms with Gasteiger partial charge in [0.15, 0.2) is 0 Å². The first-order valence-electron chi connectivity index (χ1n) is 3.71. The van der Waals surface area contributed by atoms with Crippen LogP contribution in [0.4, 0.5) is 0 Å². The highest BCUT2D eigenvalue weighted by atomic mass is 16.5. The van der Waals surface area contributed by atoms with Crippen LogP contribution in [0.3, 0.4) is 0 Å². The van der Waals surface area contributed by atoms with Crippen LogP contribution in [-0.2, 0) is 19.1 Å². The zero-order chi connectivity index (χ0) is 9.40. The van der Waals surface area contributed by atoms with Crippen LogP contribution in [0.1, 0.15) is 21.3 Å². The van der Waals surface area contributed by atoms with Gasteiger partial charge in [-0.25, -0.2) is 4.79 Å². The summed E-state index contributed by atoms with van der Waals surface area (Å²) in [5.74, 6) is -1.56. The average Bonchev–Trinajstić information content (AvgIpc) is 2.05. The number of carbonyl (C=O) groups excluding carboxylic acids is 2. The fourth-order valence-electron chi connectivity index (χ4n) is 0.476. The van der Waals surface area contributed by atoms with Crippen molar-refractivity contribution in [1.29, 1.82) is 0 Å². The molecule has 0 atom stereocenters. The molecule has 0 aromatic carbocycles. The van der Waals surface area contributed by atoms with Crippen LogP contribution in [0, 0.1) is 0 Å². The fourth-order valence-corrected chi connectivity index (χ4v) is 0.476. The summed E-state index contributed by atoms with van der Waals surface area (Å²) in [6.45, 7) is 4.08. The highest BCUT2D eigenvalue weighted by Gasteiger charge is 2.09. The quantitative estimate of drug-likeness (QED) is 0.282. The molecule has 0 amide bonds. The van der Waals surface area contributed by atoms with Crippen molar-refractivity contribution in [2.75, 3.05) is 13.2 Å². The third-order valence-electron chi connectivity index (χ3n) is 0.959. The summed E-state index contributed by atoms with van der Waals surface area (Å²) in [5.41, 5.74) is 0. The SMILES string of the molecule is C.CCO/C=C/C(=O)C(=O)OCC. The summed E-state index contributed by atoms with van der Waals surface area (Å²) < 4.78 is 9.16. The molecule has 0 bridgehead atoms. The molecule has 0 fully saturated rings. The van der Waals surface area contributed by atoms with E-state index in [0.29, 0.717) is 6.61 Å². The van der Waals surface area contributed by atoms with Gasteiger partial charge in [-0.3, -0.25) is 4.79 Å². The van der Waals surface area contributed by atoms with Gasteiger partial charge in [0.1, 0.15) is 0 Å². The van der Waals surface area contributed by atoms with Crippen LogP contribution >= 0.6 is 0 Å². The van der Waals surface area contributed by atoms with Crippen LogP contribution < -0.4 is 0 Å². The number of hydrogen-bond acceptors (Lipinski definition) is 4. The van der Waals surface area contributed by atoms with E-state index in [9.17, 15) is 9.59 Å². The lowest BCUT2D eigenvalue weighted by molar-refractivity contribution is -0.151. The second kappa shape index (κ2) is 8.77. The summed E-state index contributed by atoms with van der Waals surface area (Å²) in [5, 5.41) is 0. The van der Waals surface area contributed by atoms with Gasteiger partial charge in [-0.15, -0.1) is 0 Å². The minimum absolute atomic E-state index is 0. The molecule has 0 aliphatic carbocycles. The second-order valence-corrected chi connectivity index (χ2v) is 1.84. The summed E-state index contributed by atoms with van der Waals surface area (Å²) >= 11 is 0. The molecule has 0 aromatic rings. The summed E-state index contributed by atoms with van der Waals surface area (Å²) in [7, 11) is 0. The molecule has 0 N–H and O–H groups in total. The highest BCUT2D eigenvalue weighted by molar-refractivity contribution is 6.38. The van der Waals surface area contributed by atoms with Gasteiger partial charge in [-0.1, -0.05) is 7.43 Å².